The topological polar surface area (TPSA) is 30.9 Å². The van der Waals surface area contributed by atoms with Crippen LogP contribution in [0.4, 0.5) is 4.39 Å². The monoisotopic (exact) mass is 381 g/mol. The van der Waals surface area contributed by atoms with Gasteiger partial charge in [0.2, 0.25) is 6.79 Å². The van der Waals surface area contributed by atoms with Crippen LogP contribution in [0.5, 0.6) is 17.2 Å². The number of hydrogen-bond donors (Lipinski definition) is 0. The van der Waals surface area contributed by atoms with Gasteiger partial charge in [0.05, 0.1) is 12.4 Å². The molecule has 2 rings (SSSR count). The van der Waals surface area contributed by atoms with Gasteiger partial charge in [0.15, 0.2) is 11.5 Å². The molecular formula is C22H36FNO3. The minimum atomic E-state index is -0.333. The van der Waals surface area contributed by atoms with Gasteiger partial charge in [-0.2, -0.15) is 0 Å². The van der Waals surface area contributed by atoms with Crippen molar-refractivity contribution in [2.75, 3.05) is 34.0 Å². The van der Waals surface area contributed by atoms with Crippen LogP contribution in [0, 0.1) is 5.92 Å². The van der Waals surface area contributed by atoms with Crippen LogP contribution in [0.3, 0.4) is 0 Å². The van der Waals surface area contributed by atoms with Crippen molar-refractivity contribution in [3.05, 3.63) is 42.8 Å². The third kappa shape index (κ3) is 12.1. The SMILES string of the molecule is C=C(C)C(CC)CCN(C)C.C=C(C)F.CCOc1ccc2c(c1)OCO2. The van der Waals surface area contributed by atoms with Gasteiger partial charge in [0.1, 0.15) is 5.75 Å². The first-order valence-electron chi connectivity index (χ1n) is 9.34. The van der Waals surface area contributed by atoms with Gasteiger partial charge in [0, 0.05) is 6.07 Å². The number of hydrogen-bond acceptors (Lipinski definition) is 4. The lowest BCUT2D eigenvalue weighted by atomic mass is 9.95. The molecule has 1 aliphatic rings. The Morgan fingerprint density at radius 1 is 1.19 bits per heavy atom. The maximum absolute atomic E-state index is 10.8. The van der Waals surface area contributed by atoms with Gasteiger partial charge < -0.3 is 19.1 Å². The van der Waals surface area contributed by atoms with Crippen LogP contribution < -0.4 is 14.2 Å². The molecule has 1 atom stereocenters. The van der Waals surface area contributed by atoms with Crippen molar-refractivity contribution >= 4 is 0 Å². The fourth-order valence-electron chi connectivity index (χ4n) is 2.35. The average molecular weight is 382 g/mol. The predicted octanol–water partition coefficient (Wildman–Crippen LogP) is 5.84. The lowest BCUT2D eigenvalue weighted by molar-refractivity contribution is 0.174. The lowest BCUT2D eigenvalue weighted by Crippen LogP contribution is -2.16. The second kappa shape index (κ2) is 14.1. The fourth-order valence-corrected chi connectivity index (χ4v) is 2.35. The highest BCUT2D eigenvalue weighted by molar-refractivity contribution is 5.46. The van der Waals surface area contributed by atoms with Crippen LogP contribution in [0.15, 0.2) is 42.8 Å². The van der Waals surface area contributed by atoms with Crippen LogP contribution in [-0.2, 0) is 0 Å². The molecule has 0 saturated carbocycles. The van der Waals surface area contributed by atoms with Gasteiger partial charge >= 0.3 is 0 Å². The van der Waals surface area contributed by atoms with Gasteiger partial charge in [-0.1, -0.05) is 25.7 Å². The zero-order valence-electron chi connectivity index (χ0n) is 17.8. The predicted molar refractivity (Wildman–Crippen MR) is 111 cm³/mol. The Morgan fingerprint density at radius 2 is 1.78 bits per heavy atom. The molecule has 0 aromatic heterocycles. The molecule has 4 nitrogen and oxygen atoms in total. The van der Waals surface area contributed by atoms with Crippen LogP contribution in [-0.4, -0.2) is 38.9 Å². The highest BCUT2D eigenvalue weighted by Crippen LogP contribution is 2.34. The third-order valence-electron chi connectivity index (χ3n) is 3.77. The fraction of sp³-hybridized carbons (Fsp3) is 0.545. The van der Waals surface area contributed by atoms with E-state index in [4.69, 9.17) is 14.2 Å². The molecule has 0 aliphatic carbocycles. The summed E-state index contributed by atoms with van der Waals surface area (Å²) in [5.41, 5.74) is 1.33. The number of allylic oxidation sites excluding steroid dienone is 2. The molecule has 0 bridgehead atoms. The van der Waals surface area contributed by atoms with Gasteiger partial charge in [-0.3, -0.25) is 0 Å². The summed E-state index contributed by atoms with van der Waals surface area (Å²) in [4.78, 5) is 2.23. The van der Waals surface area contributed by atoms with E-state index in [0.29, 0.717) is 13.4 Å². The van der Waals surface area contributed by atoms with E-state index in [9.17, 15) is 4.39 Å². The molecule has 1 aliphatic heterocycles. The summed E-state index contributed by atoms with van der Waals surface area (Å²) in [6.45, 7) is 16.6. The van der Waals surface area contributed by atoms with Crippen molar-refractivity contribution in [3.8, 4) is 17.2 Å². The normalized spacial score (nSPS) is 12.3. The molecule has 1 unspecified atom stereocenters. The molecule has 1 heterocycles. The van der Waals surface area contributed by atoms with E-state index in [1.807, 2.05) is 25.1 Å². The molecule has 1 aromatic carbocycles. The number of benzene rings is 1. The molecule has 27 heavy (non-hydrogen) atoms. The number of fused-ring (bicyclic) bond motifs is 1. The minimum absolute atomic E-state index is 0.310. The summed E-state index contributed by atoms with van der Waals surface area (Å²) in [5, 5.41) is 0. The average Bonchev–Trinajstić information content (AvgIpc) is 3.03. The van der Waals surface area contributed by atoms with Crippen molar-refractivity contribution in [1.82, 2.24) is 4.90 Å². The van der Waals surface area contributed by atoms with Crippen molar-refractivity contribution in [3.63, 3.8) is 0 Å². The highest BCUT2D eigenvalue weighted by Gasteiger charge is 2.13. The van der Waals surface area contributed by atoms with E-state index >= 15 is 0 Å². The van der Waals surface area contributed by atoms with Crippen LogP contribution in [0.2, 0.25) is 0 Å². The van der Waals surface area contributed by atoms with Gasteiger partial charge in [-0.05, 0) is 72.3 Å². The highest BCUT2D eigenvalue weighted by atomic mass is 19.1. The first-order valence-corrected chi connectivity index (χ1v) is 9.34. The number of halogens is 1. The number of rotatable bonds is 7. The minimum Gasteiger partial charge on any atom is -0.494 e. The van der Waals surface area contributed by atoms with Crippen molar-refractivity contribution in [2.45, 2.75) is 40.5 Å². The summed E-state index contributed by atoms with van der Waals surface area (Å²) >= 11 is 0. The summed E-state index contributed by atoms with van der Waals surface area (Å²) in [5.74, 6) is 2.76. The van der Waals surface area contributed by atoms with Crippen LogP contribution in [0.25, 0.3) is 0 Å². The van der Waals surface area contributed by atoms with Gasteiger partial charge in [-0.25, -0.2) is 4.39 Å². The standard InChI is InChI=1S/C10H21N.C9H10O3.C3H5F/c1-6-10(9(2)3)7-8-11(4)5;1-2-10-7-3-4-8-9(5-7)12-6-11-8;1-3(2)4/h10H,2,6-8H2,1,3-5H3;3-5H,2,6H2,1H3;1H2,2H3. The van der Waals surface area contributed by atoms with Gasteiger partial charge in [0.25, 0.3) is 0 Å². The maximum Gasteiger partial charge on any atom is 0.231 e. The molecule has 0 saturated heterocycles. The molecular weight excluding hydrogens is 345 g/mol. The van der Waals surface area contributed by atoms with E-state index in [1.54, 1.807) is 0 Å². The Kier molecular flexibility index (Phi) is 13.0. The molecule has 0 spiro atoms. The van der Waals surface area contributed by atoms with E-state index in [1.165, 1.54) is 31.9 Å². The number of ether oxygens (including phenoxy) is 3. The quantitative estimate of drug-likeness (QED) is 0.555. The first-order chi connectivity index (χ1) is 12.7. The molecule has 1 aromatic rings. The maximum atomic E-state index is 10.8. The lowest BCUT2D eigenvalue weighted by Gasteiger charge is -2.17. The second-order valence-corrected chi connectivity index (χ2v) is 6.67. The Labute approximate surface area is 164 Å². The molecule has 0 radical (unpaired) electrons. The molecule has 0 fully saturated rings. The van der Waals surface area contributed by atoms with Crippen molar-refractivity contribution in [1.29, 1.82) is 0 Å². The van der Waals surface area contributed by atoms with Crippen LogP contribution in [0.1, 0.15) is 40.5 Å². The number of nitrogens with zero attached hydrogens (tertiary/aromatic N) is 1. The van der Waals surface area contributed by atoms with E-state index in [2.05, 4.69) is 46.0 Å². The van der Waals surface area contributed by atoms with E-state index in [-0.39, 0.29) is 5.83 Å². The molecule has 5 heteroatoms. The molecule has 0 N–H and O–H groups in total. The van der Waals surface area contributed by atoms with Crippen molar-refractivity contribution in [2.24, 2.45) is 5.92 Å². The second-order valence-electron chi connectivity index (χ2n) is 6.67. The first kappa shape index (κ1) is 25.0. The summed E-state index contributed by atoms with van der Waals surface area (Å²) in [6.07, 6.45) is 2.47. The summed E-state index contributed by atoms with van der Waals surface area (Å²) in [6, 6.07) is 5.57. The summed E-state index contributed by atoms with van der Waals surface area (Å²) < 4.78 is 26.4. The smallest absolute Gasteiger partial charge is 0.231 e. The zero-order valence-corrected chi connectivity index (χ0v) is 17.8. The van der Waals surface area contributed by atoms with Crippen molar-refractivity contribution < 1.29 is 18.6 Å². The molecule has 154 valence electrons. The van der Waals surface area contributed by atoms with Gasteiger partial charge in [-0.15, -0.1) is 0 Å². The van der Waals surface area contributed by atoms with E-state index in [0.717, 1.165) is 23.2 Å². The van der Waals surface area contributed by atoms with E-state index < -0.39 is 0 Å². The molecule has 0 amide bonds. The largest absolute Gasteiger partial charge is 0.494 e. The Hall–Kier alpha value is -2.01. The Balaban J connectivity index is 0.000000422. The zero-order chi connectivity index (χ0) is 20.8. The van der Waals surface area contributed by atoms with Crippen LogP contribution >= 0.6 is 0 Å². The third-order valence-corrected chi connectivity index (χ3v) is 3.77. The Morgan fingerprint density at radius 3 is 2.26 bits per heavy atom. The summed E-state index contributed by atoms with van der Waals surface area (Å²) in [7, 11) is 4.23. The Bertz CT molecular complexity index is 569.